The Balaban J connectivity index is 3.32. The second-order valence-electron chi connectivity index (χ2n) is 3.16. The first-order chi connectivity index (χ1) is 7.88. The lowest BCUT2D eigenvalue weighted by molar-refractivity contribution is -0.137. The lowest BCUT2D eigenvalue weighted by atomic mass is 9.99. The molecule has 17 heavy (non-hydrogen) atoms. The maximum atomic E-state index is 13.3. The van der Waals surface area contributed by atoms with Crippen molar-refractivity contribution in [3.8, 4) is 5.75 Å². The van der Waals surface area contributed by atoms with E-state index in [1.54, 1.807) is 0 Å². The van der Waals surface area contributed by atoms with E-state index < -0.39 is 40.5 Å². The molecule has 0 aromatic heterocycles. The molecule has 0 aliphatic carbocycles. The predicted octanol–water partition coefficient (Wildman–Crippen LogP) is 1.39. The molecule has 1 aromatic rings. The number of aromatic hydroxyl groups is 1. The van der Waals surface area contributed by atoms with Crippen molar-refractivity contribution in [1.29, 1.82) is 0 Å². The Kier molecular flexibility index (Phi) is 3.74. The summed E-state index contributed by atoms with van der Waals surface area (Å²) >= 11 is 0. The van der Waals surface area contributed by atoms with Crippen LogP contribution in [0.2, 0.25) is 0 Å². The fourth-order valence-electron chi connectivity index (χ4n) is 1.19. The molecule has 0 radical (unpaired) electrons. The molecule has 0 spiro atoms. The van der Waals surface area contributed by atoms with Gasteiger partial charge in [-0.1, -0.05) is 0 Å². The smallest absolute Gasteiger partial charge is 0.325 e. The van der Waals surface area contributed by atoms with Gasteiger partial charge in [0.25, 0.3) is 0 Å². The van der Waals surface area contributed by atoms with E-state index in [2.05, 4.69) is 0 Å². The Bertz CT molecular complexity index is 488. The third-order valence-corrected chi connectivity index (χ3v) is 2.07. The Morgan fingerprint density at radius 3 is 2.41 bits per heavy atom. The highest BCUT2D eigenvalue weighted by molar-refractivity contribution is 5.91. The van der Waals surface area contributed by atoms with Gasteiger partial charge in [0, 0.05) is 17.2 Å². The molecule has 0 saturated carbocycles. The first-order valence-corrected chi connectivity index (χ1v) is 4.35. The van der Waals surface area contributed by atoms with Gasteiger partial charge in [0.2, 0.25) is 0 Å². The zero-order valence-corrected chi connectivity index (χ0v) is 8.32. The lowest BCUT2D eigenvalue weighted by Crippen LogP contribution is -2.31. The molecule has 4 nitrogen and oxygen atoms in total. The number of aliphatic carboxylic acids is 1. The van der Waals surface area contributed by atoms with Crippen molar-refractivity contribution in [3.63, 3.8) is 0 Å². The van der Waals surface area contributed by atoms with E-state index in [1.807, 2.05) is 0 Å². The number of nitrogens with two attached hydrogens (primary N) is 1. The summed E-state index contributed by atoms with van der Waals surface area (Å²) in [5.41, 5.74) is 3.80. The summed E-state index contributed by atoms with van der Waals surface area (Å²) < 4.78 is 38.5. The number of hydrogen-bond donors (Lipinski definition) is 3. The van der Waals surface area contributed by atoms with Crippen molar-refractivity contribution < 1.29 is 28.2 Å². The standard InChI is InChI=1S/C10H8F3NO3/c11-3-5(9(14)10(16)17)4-1-8(15)7(13)2-6(4)12/h1-3,9,15H,14H2,(H,16,17)/b5-3+. The topological polar surface area (TPSA) is 83.6 Å². The van der Waals surface area contributed by atoms with Gasteiger partial charge in [0.1, 0.15) is 11.9 Å². The zero-order valence-electron chi connectivity index (χ0n) is 8.32. The number of phenols is 1. The first-order valence-electron chi connectivity index (χ1n) is 4.35. The van der Waals surface area contributed by atoms with Gasteiger partial charge in [-0.2, -0.15) is 0 Å². The zero-order chi connectivity index (χ0) is 13.2. The van der Waals surface area contributed by atoms with Crippen LogP contribution in [0.4, 0.5) is 13.2 Å². The molecule has 0 aliphatic heterocycles. The van der Waals surface area contributed by atoms with Crippen molar-refractivity contribution in [2.75, 3.05) is 0 Å². The van der Waals surface area contributed by atoms with Gasteiger partial charge in [-0.25, -0.2) is 13.2 Å². The molecule has 7 heteroatoms. The van der Waals surface area contributed by atoms with Crippen LogP contribution in [0.15, 0.2) is 18.5 Å². The predicted molar refractivity (Wildman–Crippen MR) is 52.7 cm³/mol. The van der Waals surface area contributed by atoms with Crippen LogP contribution in [0.3, 0.4) is 0 Å². The molecule has 1 atom stereocenters. The van der Waals surface area contributed by atoms with Crippen LogP contribution in [0, 0.1) is 11.6 Å². The highest BCUT2D eigenvalue weighted by atomic mass is 19.1. The Morgan fingerprint density at radius 2 is 1.94 bits per heavy atom. The number of hydrogen-bond acceptors (Lipinski definition) is 3. The number of carboxylic acid groups (broad SMARTS) is 1. The molecule has 1 unspecified atom stereocenters. The van der Waals surface area contributed by atoms with Crippen LogP contribution >= 0.6 is 0 Å². The molecule has 0 fully saturated rings. The van der Waals surface area contributed by atoms with Crippen LogP contribution < -0.4 is 5.73 Å². The van der Waals surface area contributed by atoms with E-state index in [1.165, 1.54) is 0 Å². The van der Waals surface area contributed by atoms with Gasteiger partial charge in [-0.15, -0.1) is 0 Å². The van der Waals surface area contributed by atoms with E-state index in [9.17, 15) is 18.0 Å². The van der Waals surface area contributed by atoms with Crippen molar-refractivity contribution in [2.45, 2.75) is 6.04 Å². The Hall–Kier alpha value is -2.02. The van der Waals surface area contributed by atoms with Crippen molar-refractivity contribution in [3.05, 3.63) is 35.7 Å². The first kappa shape index (κ1) is 13.0. The summed E-state index contributed by atoms with van der Waals surface area (Å²) in [5.74, 6) is -4.98. The van der Waals surface area contributed by atoms with Crippen molar-refractivity contribution in [2.24, 2.45) is 5.73 Å². The van der Waals surface area contributed by atoms with Gasteiger partial charge in [0.15, 0.2) is 11.6 Å². The number of carboxylic acids is 1. The second-order valence-corrected chi connectivity index (χ2v) is 3.16. The van der Waals surface area contributed by atoms with E-state index >= 15 is 0 Å². The van der Waals surface area contributed by atoms with Gasteiger partial charge >= 0.3 is 5.97 Å². The van der Waals surface area contributed by atoms with Crippen molar-refractivity contribution in [1.82, 2.24) is 0 Å². The largest absolute Gasteiger partial charge is 0.505 e. The Labute approximate surface area is 93.8 Å². The molecule has 0 bridgehead atoms. The third-order valence-electron chi connectivity index (χ3n) is 2.07. The van der Waals surface area contributed by atoms with Crippen LogP contribution in [-0.2, 0) is 4.79 Å². The number of carbonyl (C=O) groups is 1. The molecular weight excluding hydrogens is 239 g/mol. The van der Waals surface area contributed by atoms with Crippen molar-refractivity contribution >= 4 is 11.5 Å². The summed E-state index contributed by atoms with van der Waals surface area (Å²) in [6.07, 6.45) is -0.200. The molecule has 0 aliphatic rings. The van der Waals surface area contributed by atoms with Crippen LogP contribution in [0.5, 0.6) is 5.75 Å². The van der Waals surface area contributed by atoms with Crippen LogP contribution in [0.25, 0.3) is 5.57 Å². The van der Waals surface area contributed by atoms with Gasteiger partial charge in [0.05, 0.1) is 6.33 Å². The van der Waals surface area contributed by atoms with E-state index in [-0.39, 0.29) is 6.33 Å². The maximum absolute atomic E-state index is 13.3. The normalized spacial score (nSPS) is 13.5. The van der Waals surface area contributed by atoms with Gasteiger partial charge in [-0.05, 0) is 6.07 Å². The van der Waals surface area contributed by atoms with E-state index in [0.717, 1.165) is 0 Å². The minimum absolute atomic E-state index is 0.200. The summed E-state index contributed by atoms with van der Waals surface area (Å²) in [5, 5.41) is 17.6. The summed E-state index contributed by atoms with van der Waals surface area (Å²) in [6, 6.07) is -0.943. The highest BCUT2D eigenvalue weighted by Gasteiger charge is 2.23. The molecule has 0 amide bonds. The average Bonchev–Trinajstić information content (AvgIpc) is 2.25. The molecule has 0 saturated heterocycles. The minimum atomic E-state index is -1.82. The molecule has 92 valence electrons. The Morgan fingerprint density at radius 1 is 1.35 bits per heavy atom. The van der Waals surface area contributed by atoms with E-state index in [0.29, 0.717) is 12.1 Å². The number of rotatable bonds is 3. The quantitative estimate of drug-likeness (QED) is 0.753. The van der Waals surface area contributed by atoms with Gasteiger partial charge < -0.3 is 15.9 Å². The molecule has 1 rings (SSSR count). The monoisotopic (exact) mass is 247 g/mol. The number of halogens is 3. The fraction of sp³-hybridized carbons (Fsp3) is 0.100. The maximum Gasteiger partial charge on any atom is 0.325 e. The average molecular weight is 247 g/mol. The highest BCUT2D eigenvalue weighted by Crippen LogP contribution is 2.27. The fourth-order valence-corrected chi connectivity index (χ4v) is 1.19. The summed E-state index contributed by atoms with van der Waals surface area (Å²) in [4.78, 5) is 10.5. The molecule has 1 aromatic carbocycles. The SMILES string of the molecule is NC(C(=O)O)/C(=C/F)c1cc(O)c(F)cc1F. The summed E-state index contributed by atoms with van der Waals surface area (Å²) in [6.45, 7) is 0. The van der Waals surface area contributed by atoms with E-state index in [4.69, 9.17) is 15.9 Å². The lowest BCUT2D eigenvalue weighted by Gasteiger charge is -2.12. The molecule has 0 heterocycles. The van der Waals surface area contributed by atoms with Crippen LogP contribution in [0.1, 0.15) is 5.56 Å². The number of benzene rings is 1. The third kappa shape index (κ3) is 2.56. The number of phenolic OH excluding ortho intramolecular Hbond substituents is 1. The molecule has 4 N–H and O–H groups in total. The summed E-state index contributed by atoms with van der Waals surface area (Å²) in [7, 11) is 0. The second kappa shape index (κ2) is 4.88. The molecular formula is C10H8F3NO3. The van der Waals surface area contributed by atoms with Gasteiger partial charge in [-0.3, -0.25) is 4.79 Å². The minimum Gasteiger partial charge on any atom is -0.505 e. The van der Waals surface area contributed by atoms with Crippen LogP contribution in [-0.4, -0.2) is 22.2 Å².